The lowest BCUT2D eigenvalue weighted by Crippen LogP contribution is -1.69. The summed E-state index contributed by atoms with van der Waals surface area (Å²) in [7, 11) is 0. The van der Waals surface area contributed by atoms with Gasteiger partial charge < -0.3 is 0 Å². The van der Waals surface area contributed by atoms with Gasteiger partial charge >= 0.3 is 0 Å². The van der Waals surface area contributed by atoms with E-state index in [0.717, 1.165) is 9.79 Å². The summed E-state index contributed by atoms with van der Waals surface area (Å²) in [5.74, 6) is 0. The van der Waals surface area contributed by atoms with Crippen LogP contribution in [0, 0.1) is 7.14 Å². The molecule has 114 valence electrons. The van der Waals surface area contributed by atoms with Crippen molar-refractivity contribution in [1.29, 1.82) is 0 Å². The fourth-order valence-corrected chi connectivity index (χ4v) is 2.43. The van der Waals surface area contributed by atoms with Crippen molar-refractivity contribution in [2.75, 3.05) is 0 Å². The predicted molar refractivity (Wildman–Crippen MR) is 119 cm³/mol. The minimum absolute atomic E-state index is 1.02. The fourth-order valence-electron chi connectivity index (χ4n) is 1.29. The summed E-state index contributed by atoms with van der Waals surface area (Å²) in [5.41, 5.74) is 0. The molecule has 22 heavy (non-hydrogen) atoms. The maximum Gasteiger partial charge on any atom is 0.0263 e. The second-order valence-corrected chi connectivity index (χ2v) is 7.49. The zero-order valence-corrected chi connectivity index (χ0v) is 17.8. The van der Waals surface area contributed by atoms with Crippen LogP contribution in [0.25, 0.3) is 0 Å². The molecule has 3 aromatic rings. The SMILES string of the molecule is Ic1ccccc1.Sc1ccccc1.Sc1ccccc1I. The minimum Gasteiger partial charge on any atom is -0.143 e. The highest BCUT2D eigenvalue weighted by molar-refractivity contribution is 14.1. The van der Waals surface area contributed by atoms with E-state index in [9.17, 15) is 0 Å². The molecule has 0 atom stereocenters. The highest BCUT2D eigenvalue weighted by atomic mass is 127. The Kier molecular flexibility index (Phi) is 11.1. The van der Waals surface area contributed by atoms with Crippen LogP contribution in [0.15, 0.2) is 94.7 Å². The Balaban J connectivity index is 0.000000166. The Morgan fingerprint density at radius 2 is 1.00 bits per heavy atom. The zero-order chi connectivity index (χ0) is 16.2. The summed E-state index contributed by atoms with van der Waals surface area (Å²) >= 11 is 12.8. The standard InChI is InChI=1S/C6H5IS.C6H5I.C6H6S/c7-5-3-1-2-4-6(5)8;2*7-6-4-2-1-3-5-6/h1-4,8H;1-5H;1-5,7H. The Morgan fingerprint density at radius 3 is 1.27 bits per heavy atom. The van der Waals surface area contributed by atoms with Gasteiger partial charge in [-0.2, -0.15) is 0 Å². The Hall–Kier alpha value is -0.180. The number of rotatable bonds is 0. The van der Waals surface area contributed by atoms with Crippen LogP contribution in [0.4, 0.5) is 0 Å². The van der Waals surface area contributed by atoms with Crippen LogP contribution in [0.1, 0.15) is 0 Å². The molecule has 0 saturated heterocycles. The van der Waals surface area contributed by atoms with E-state index in [4.69, 9.17) is 0 Å². The third-order valence-corrected chi connectivity index (χ3v) is 5.12. The molecule has 0 amide bonds. The van der Waals surface area contributed by atoms with E-state index in [1.807, 2.05) is 72.8 Å². The van der Waals surface area contributed by atoms with Crippen molar-refractivity contribution in [2.45, 2.75) is 9.79 Å². The highest BCUT2D eigenvalue weighted by Gasteiger charge is 1.87. The molecule has 0 nitrogen and oxygen atoms in total. The lowest BCUT2D eigenvalue weighted by atomic mass is 10.4. The van der Waals surface area contributed by atoms with Crippen molar-refractivity contribution in [2.24, 2.45) is 0 Å². The first-order valence-corrected chi connectivity index (χ1v) is 9.53. The van der Waals surface area contributed by atoms with Crippen LogP contribution < -0.4 is 0 Å². The molecule has 4 heteroatoms. The van der Waals surface area contributed by atoms with Gasteiger partial charge in [-0.3, -0.25) is 0 Å². The predicted octanol–water partition coefficient (Wildman–Crippen LogP) is 6.85. The number of hydrogen-bond acceptors (Lipinski definition) is 2. The lowest BCUT2D eigenvalue weighted by Gasteiger charge is -1.90. The van der Waals surface area contributed by atoms with Gasteiger partial charge in [-0.05, 0) is 81.6 Å². The molecule has 0 unspecified atom stereocenters. The number of halogens is 2. The van der Waals surface area contributed by atoms with Crippen LogP contribution in [-0.4, -0.2) is 0 Å². The Bertz CT molecular complexity index is 585. The van der Waals surface area contributed by atoms with E-state index in [0.29, 0.717) is 0 Å². The maximum atomic E-state index is 4.19. The molecule has 0 spiro atoms. The lowest BCUT2D eigenvalue weighted by molar-refractivity contribution is 1.42. The average molecular weight is 550 g/mol. The molecule has 3 rings (SSSR count). The van der Waals surface area contributed by atoms with E-state index in [1.54, 1.807) is 0 Å². The summed E-state index contributed by atoms with van der Waals surface area (Å²) in [6.07, 6.45) is 0. The van der Waals surface area contributed by atoms with Crippen LogP contribution in [-0.2, 0) is 0 Å². The van der Waals surface area contributed by atoms with Crippen LogP contribution >= 0.6 is 70.4 Å². The van der Waals surface area contributed by atoms with Crippen molar-refractivity contribution in [1.82, 2.24) is 0 Å². The monoisotopic (exact) mass is 550 g/mol. The zero-order valence-electron chi connectivity index (χ0n) is 11.7. The molecule has 0 N–H and O–H groups in total. The molecular weight excluding hydrogens is 534 g/mol. The third-order valence-electron chi connectivity index (χ3n) is 2.34. The van der Waals surface area contributed by atoms with Crippen LogP contribution in [0.5, 0.6) is 0 Å². The highest BCUT2D eigenvalue weighted by Crippen LogP contribution is 2.13. The topological polar surface area (TPSA) is 0 Å². The summed E-state index contributed by atoms with van der Waals surface area (Å²) < 4.78 is 2.49. The quantitative estimate of drug-likeness (QED) is 0.222. The van der Waals surface area contributed by atoms with Gasteiger partial charge in [-0.25, -0.2) is 0 Å². The molecule has 0 aliphatic heterocycles. The smallest absolute Gasteiger partial charge is 0.0263 e. The molecule has 3 aromatic carbocycles. The first-order chi connectivity index (χ1) is 10.6. The molecular formula is C18H16I2S2. The van der Waals surface area contributed by atoms with Gasteiger partial charge in [0.05, 0.1) is 0 Å². The van der Waals surface area contributed by atoms with Gasteiger partial charge in [0.2, 0.25) is 0 Å². The molecule has 0 aliphatic carbocycles. The van der Waals surface area contributed by atoms with Crippen molar-refractivity contribution < 1.29 is 0 Å². The summed E-state index contributed by atoms with van der Waals surface area (Å²) in [5, 5.41) is 0. The minimum atomic E-state index is 1.02. The van der Waals surface area contributed by atoms with Gasteiger partial charge in [0.15, 0.2) is 0 Å². The molecule has 0 aromatic heterocycles. The van der Waals surface area contributed by atoms with Crippen LogP contribution in [0.2, 0.25) is 0 Å². The number of thiol groups is 2. The summed E-state index contributed by atoms with van der Waals surface area (Å²) in [6, 6.07) is 28.0. The van der Waals surface area contributed by atoms with Gasteiger partial charge in [-0.15, -0.1) is 25.3 Å². The largest absolute Gasteiger partial charge is 0.143 e. The van der Waals surface area contributed by atoms with E-state index in [1.165, 1.54) is 7.14 Å². The number of benzene rings is 3. The van der Waals surface area contributed by atoms with Gasteiger partial charge in [0, 0.05) is 16.9 Å². The normalized spacial score (nSPS) is 8.91. The first kappa shape index (κ1) is 19.9. The molecule has 0 heterocycles. The van der Waals surface area contributed by atoms with Gasteiger partial charge in [-0.1, -0.05) is 48.5 Å². The average Bonchev–Trinajstić information content (AvgIpc) is 2.53. The second-order valence-electron chi connectivity index (χ2n) is 4.08. The van der Waals surface area contributed by atoms with Crippen molar-refractivity contribution in [3.63, 3.8) is 0 Å². The van der Waals surface area contributed by atoms with Crippen molar-refractivity contribution in [3.05, 3.63) is 92.1 Å². The third kappa shape index (κ3) is 9.76. The van der Waals surface area contributed by atoms with Gasteiger partial charge in [0.25, 0.3) is 0 Å². The van der Waals surface area contributed by atoms with E-state index in [2.05, 4.69) is 82.6 Å². The Morgan fingerprint density at radius 1 is 0.545 bits per heavy atom. The van der Waals surface area contributed by atoms with Crippen molar-refractivity contribution >= 4 is 70.4 Å². The Labute approximate surface area is 170 Å². The number of hydrogen-bond donors (Lipinski definition) is 2. The molecule has 0 bridgehead atoms. The molecule has 0 radical (unpaired) electrons. The van der Waals surface area contributed by atoms with E-state index >= 15 is 0 Å². The van der Waals surface area contributed by atoms with Crippen molar-refractivity contribution in [3.8, 4) is 0 Å². The first-order valence-electron chi connectivity index (χ1n) is 6.47. The molecule has 0 saturated carbocycles. The second kappa shape index (κ2) is 12.3. The fraction of sp³-hybridized carbons (Fsp3) is 0. The van der Waals surface area contributed by atoms with Gasteiger partial charge in [0.1, 0.15) is 0 Å². The van der Waals surface area contributed by atoms with E-state index < -0.39 is 0 Å². The molecule has 0 fully saturated rings. The summed E-state index contributed by atoms with van der Waals surface area (Å²) in [4.78, 5) is 2.07. The maximum absolute atomic E-state index is 4.19. The molecule has 0 aliphatic rings. The summed E-state index contributed by atoms with van der Waals surface area (Å²) in [6.45, 7) is 0. The van der Waals surface area contributed by atoms with Crippen LogP contribution in [0.3, 0.4) is 0 Å². The van der Waals surface area contributed by atoms with E-state index in [-0.39, 0.29) is 0 Å².